The average molecular weight is 845 g/mol. The van der Waals surface area contributed by atoms with Gasteiger partial charge in [-0.2, -0.15) is 0 Å². The van der Waals surface area contributed by atoms with Crippen LogP contribution in [0.25, 0.3) is 5.57 Å². The highest BCUT2D eigenvalue weighted by molar-refractivity contribution is 7.99. The number of carbonyl (C=O) groups is 1. The molecule has 58 heavy (non-hydrogen) atoms. The van der Waals surface area contributed by atoms with Gasteiger partial charge in [0.15, 0.2) is 0 Å². The Balaban J connectivity index is 0.961. The first kappa shape index (κ1) is 41.7. The predicted molar refractivity (Wildman–Crippen MR) is 232 cm³/mol. The molecule has 4 aromatic carbocycles. The highest BCUT2D eigenvalue weighted by Crippen LogP contribution is 2.34. The molecule has 2 saturated heterocycles. The normalized spacial score (nSPS) is 17.5. The molecule has 2 aliphatic heterocycles. The lowest BCUT2D eigenvalue weighted by Crippen LogP contribution is -2.47. The maximum Gasteiger partial charge on any atom is 0.293 e. The second-order valence-electron chi connectivity index (χ2n) is 14.9. The largest absolute Gasteiger partial charge is 0.379 e. The Hall–Kier alpha value is -4.44. The molecule has 1 aliphatic carbocycles. The number of benzene rings is 4. The van der Waals surface area contributed by atoms with Crippen molar-refractivity contribution in [2.45, 2.75) is 41.5 Å². The zero-order valence-electron chi connectivity index (χ0n) is 32.4. The number of hydrogen-bond acceptors (Lipinski definition) is 11. The highest BCUT2D eigenvalue weighted by Gasteiger charge is 2.27. The molecule has 2 N–H and O–H groups in total. The fourth-order valence-electron chi connectivity index (χ4n) is 7.76. The van der Waals surface area contributed by atoms with Crippen molar-refractivity contribution < 1.29 is 22.9 Å². The number of nitrogens with zero attached hydrogens (tertiary/aromatic N) is 4. The molecule has 1 unspecified atom stereocenters. The smallest absolute Gasteiger partial charge is 0.293 e. The zero-order chi connectivity index (χ0) is 40.5. The van der Waals surface area contributed by atoms with Crippen molar-refractivity contribution in [1.82, 2.24) is 14.5 Å². The Morgan fingerprint density at radius 1 is 0.862 bits per heavy atom. The molecular formula is C43H49ClN6O6S2. The highest BCUT2D eigenvalue weighted by atomic mass is 35.5. The molecule has 0 aromatic heterocycles. The summed E-state index contributed by atoms with van der Waals surface area (Å²) >= 11 is 7.79. The van der Waals surface area contributed by atoms with E-state index >= 15 is 0 Å². The van der Waals surface area contributed by atoms with E-state index in [9.17, 15) is 23.3 Å². The number of halogens is 1. The summed E-state index contributed by atoms with van der Waals surface area (Å²) in [6.07, 6.45) is 4.62. The Labute approximate surface area is 349 Å². The van der Waals surface area contributed by atoms with E-state index in [1.807, 2.05) is 54.6 Å². The second-order valence-corrected chi connectivity index (χ2v) is 18.1. The molecule has 0 spiro atoms. The summed E-state index contributed by atoms with van der Waals surface area (Å²) in [5.74, 6) is -0.198. The van der Waals surface area contributed by atoms with Gasteiger partial charge in [0.05, 0.1) is 23.0 Å². The molecule has 3 aliphatic rings. The summed E-state index contributed by atoms with van der Waals surface area (Å²) in [6.45, 7) is 7.76. The number of nitrogens with one attached hydrogen (secondary N) is 2. The molecule has 7 rings (SSSR count). The van der Waals surface area contributed by atoms with Gasteiger partial charge in [-0.1, -0.05) is 47.5 Å². The molecule has 0 saturated carbocycles. The average Bonchev–Trinajstić information content (AvgIpc) is 3.24. The molecule has 12 nitrogen and oxygen atoms in total. The van der Waals surface area contributed by atoms with Gasteiger partial charge in [-0.25, -0.2) is 13.1 Å². The lowest BCUT2D eigenvalue weighted by molar-refractivity contribution is -0.384. The molecule has 2 heterocycles. The standard InChI is InChI=1S/C43H49ClN6O6S2/c44-35-14-10-32(11-15-35)40-9-5-4-6-34(40)29-47-20-22-49(23-21-47)37-16-12-33(13-17-37)43(51)46-58(54,55)39-18-19-41(42(28-39)50(52)53)45-36(30-48-24-26-56-27-25-48)31-57-38-7-2-1-3-8-38/h1-3,7-8,10-19,28,36,45H,4-6,9,20-27,29-31H2,(H,46,51). The minimum atomic E-state index is -4.43. The number of amides is 1. The molecule has 2 fully saturated rings. The van der Waals surface area contributed by atoms with E-state index < -0.39 is 26.5 Å². The van der Waals surface area contributed by atoms with Crippen molar-refractivity contribution in [3.63, 3.8) is 0 Å². The van der Waals surface area contributed by atoms with Crippen molar-refractivity contribution in [2.75, 3.05) is 81.5 Å². The molecule has 0 radical (unpaired) electrons. The number of sulfonamides is 1. The number of anilines is 2. The first-order valence-corrected chi connectivity index (χ1v) is 22.6. The van der Waals surface area contributed by atoms with Crippen molar-refractivity contribution in [2.24, 2.45) is 0 Å². The summed E-state index contributed by atoms with van der Waals surface area (Å²) in [7, 11) is -4.43. The van der Waals surface area contributed by atoms with E-state index in [0.29, 0.717) is 25.5 Å². The van der Waals surface area contributed by atoms with Crippen LogP contribution in [0.4, 0.5) is 17.1 Å². The maximum atomic E-state index is 13.4. The number of ether oxygens (including phenoxy) is 1. The van der Waals surface area contributed by atoms with Gasteiger partial charge < -0.3 is 15.0 Å². The fraction of sp³-hybridized carbons (Fsp3) is 0.372. The summed E-state index contributed by atoms with van der Waals surface area (Å²) in [5.41, 5.74) is 5.15. The van der Waals surface area contributed by atoms with Crippen molar-refractivity contribution in [3.05, 3.63) is 129 Å². The number of piperazine rings is 1. The third-order valence-electron chi connectivity index (χ3n) is 10.9. The van der Waals surface area contributed by atoms with Crippen molar-refractivity contribution in [1.29, 1.82) is 0 Å². The molecular weight excluding hydrogens is 796 g/mol. The topological polar surface area (TPSA) is 137 Å². The van der Waals surface area contributed by atoms with Gasteiger partial charge in [0, 0.05) is 91.4 Å². The number of rotatable bonds is 15. The van der Waals surface area contributed by atoms with E-state index in [4.69, 9.17) is 16.3 Å². The SMILES string of the molecule is O=C(NS(=O)(=O)c1ccc(NC(CSc2ccccc2)CN2CCOCC2)c([N+](=O)[O-])c1)c1ccc(N2CCN(CC3=C(c4ccc(Cl)cc4)CCCC3)CC2)cc1. The van der Waals surface area contributed by atoms with Gasteiger partial charge >= 0.3 is 0 Å². The molecule has 4 aromatic rings. The van der Waals surface area contributed by atoms with Crippen LogP contribution in [-0.4, -0.2) is 106 Å². The minimum Gasteiger partial charge on any atom is -0.379 e. The minimum absolute atomic E-state index is 0.166. The monoisotopic (exact) mass is 844 g/mol. The lowest BCUT2D eigenvalue weighted by Gasteiger charge is -2.37. The maximum absolute atomic E-state index is 13.4. The number of nitro groups is 1. The number of allylic oxidation sites excluding steroid dienone is 1. The van der Waals surface area contributed by atoms with Crippen LogP contribution in [-0.2, 0) is 14.8 Å². The van der Waals surface area contributed by atoms with Gasteiger partial charge in [-0.3, -0.25) is 24.7 Å². The summed E-state index contributed by atoms with van der Waals surface area (Å²) in [5, 5.41) is 16.3. The molecule has 0 bridgehead atoms. The number of thioether (sulfide) groups is 1. The van der Waals surface area contributed by atoms with Crippen LogP contribution in [0.15, 0.2) is 112 Å². The number of morpholine rings is 1. The van der Waals surface area contributed by atoms with E-state index in [1.165, 1.54) is 41.7 Å². The first-order valence-electron chi connectivity index (χ1n) is 19.8. The van der Waals surface area contributed by atoms with Crippen LogP contribution in [0.5, 0.6) is 0 Å². The Morgan fingerprint density at radius 3 is 2.28 bits per heavy atom. The van der Waals surface area contributed by atoms with Gasteiger partial charge in [0.25, 0.3) is 21.6 Å². The van der Waals surface area contributed by atoms with Crippen LogP contribution in [0.1, 0.15) is 41.6 Å². The van der Waals surface area contributed by atoms with Gasteiger partial charge in [-0.05, 0) is 97.5 Å². The lowest BCUT2D eigenvalue weighted by atomic mass is 9.87. The third-order valence-corrected chi connectivity index (χ3v) is 13.7. The van der Waals surface area contributed by atoms with E-state index in [2.05, 4.69) is 36.9 Å². The fourth-order valence-corrected chi connectivity index (χ4v) is 9.81. The first-order chi connectivity index (χ1) is 28.1. The van der Waals surface area contributed by atoms with Gasteiger partial charge in [-0.15, -0.1) is 11.8 Å². The van der Waals surface area contributed by atoms with Gasteiger partial charge in [0.2, 0.25) is 0 Å². The van der Waals surface area contributed by atoms with E-state index in [1.54, 1.807) is 23.9 Å². The number of hydrogen-bond donors (Lipinski definition) is 2. The zero-order valence-corrected chi connectivity index (χ0v) is 34.7. The van der Waals surface area contributed by atoms with E-state index in [0.717, 1.165) is 80.3 Å². The van der Waals surface area contributed by atoms with Crippen molar-refractivity contribution >= 4 is 61.9 Å². The summed E-state index contributed by atoms with van der Waals surface area (Å²) in [6, 6.07) is 28.4. The molecule has 1 atom stereocenters. The Morgan fingerprint density at radius 2 is 1.57 bits per heavy atom. The van der Waals surface area contributed by atoms with Crippen molar-refractivity contribution in [3.8, 4) is 0 Å². The second kappa shape index (κ2) is 19.5. The number of carbonyl (C=O) groups excluding carboxylic acids is 1. The Kier molecular flexibility index (Phi) is 14.1. The van der Waals surface area contributed by atoms with Crippen LogP contribution in [0, 0.1) is 10.1 Å². The third kappa shape index (κ3) is 11.0. The molecule has 306 valence electrons. The molecule has 15 heteroatoms. The van der Waals surface area contributed by atoms with Crippen LogP contribution >= 0.6 is 23.4 Å². The summed E-state index contributed by atoms with van der Waals surface area (Å²) in [4.78, 5) is 32.6. The van der Waals surface area contributed by atoms with Gasteiger partial charge in [0.1, 0.15) is 5.69 Å². The predicted octanol–water partition coefficient (Wildman–Crippen LogP) is 7.42. The van der Waals surface area contributed by atoms with E-state index in [-0.39, 0.29) is 22.2 Å². The summed E-state index contributed by atoms with van der Waals surface area (Å²) < 4.78 is 34.5. The molecule has 1 amide bonds. The van der Waals surface area contributed by atoms with Crippen LogP contribution in [0.3, 0.4) is 0 Å². The number of nitro benzene ring substituents is 1. The Bertz CT molecular complexity index is 2180. The van der Waals surface area contributed by atoms with Crippen LogP contribution in [0.2, 0.25) is 5.02 Å². The quantitative estimate of drug-likeness (QED) is 0.0703. The van der Waals surface area contributed by atoms with Crippen LogP contribution < -0.4 is 14.9 Å².